The molecule has 9 heteroatoms. The molecule has 0 aromatic carbocycles. The van der Waals surface area contributed by atoms with Crippen LogP contribution in [0.25, 0.3) is 0 Å². The Morgan fingerprint density at radius 3 is 2.40 bits per heavy atom. The minimum atomic E-state index is -0.818. The van der Waals surface area contributed by atoms with E-state index < -0.39 is 17.9 Å². The molecule has 1 saturated carbocycles. The summed E-state index contributed by atoms with van der Waals surface area (Å²) >= 11 is 0. The second-order valence-corrected chi connectivity index (χ2v) is 6.89. The third kappa shape index (κ3) is 3.92. The van der Waals surface area contributed by atoms with E-state index in [4.69, 9.17) is 4.84 Å². The van der Waals surface area contributed by atoms with Gasteiger partial charge in [0, 0.05) is 25.9 Å². The highest BCUT2D eigenvalue weighted by atomic mass is 16.7. The molecule has 9 nitrogen and oxygen atoms in total. The van der Waals surface area contributed by atoms with Crippen molar-refractivity contribution in [3.05, 3.63) is 0 Å². The Hall–Kier alpha value is -2.16. The van der Waals surface area contributed by atoms with Gasteiger partial charge in [-0.05, 0) is 19.9 Å². The van der Waals surface area contributed by atoms with Gasteiger partial charge in [-0.2, -0.15) is 0 Å². The van der Waals surface area contributed by atoms with Crippen LogP contribution in [-0.2, 0) is 19.2 Å². The van der Waals surface area contributed by atoms with Crippen LogP contribution in [-0.4, -0.2) is 77.4 Å². The molecule has 2 saturated heterocycles. The number of nitrogens with one attached hydrogen (secondary N) is 1. The van der Waals surface area contributed by atoms with E-state index >= 15 is 0 Å². The zero-order valence-electron chi connectivity index (χ0n) is 14.4. The molecule has 1 N–H and O–H groups in total. The number of imide groups is 1. The van der Waals surface area contributed by atoms with Crippen molar-refractivity contribution in [3.8, 4) is 0 Å². The molecular formula is C16H24N4O5. The lowest BCUT2D eigenvalue weighted by Gasteiger charge is -2.43. The van der Waals surface area contributed by atoms with Crippen LogP contribution in [0.3, 0.4) is 0 Å². The summed E-state index contributed by atoms with van der Waals surface area (Å²) < 4.78 is 0. The Kier molecular flexibility index (Phi) is 5.22. The van der Waals surface area contributed by atoms with Crippen molar-refractivity contribution in [2.75, 3.05) is 26.7 Å². The van der Waals surface area contributed by atoms with E-state index in [9.17, 15) is 19.2 Å². The van der Waals surface area contributed by atoms with Crippen molar-refractivity contribution in [2.24, 2.45) is 0 Å². The summed E-state index contributed by atoms with van der Waals surface area (Å²) in [6.07, 6.45) is 2.82. The summed E-state index contributed by atoms with van der Waals surface area (Å²) in [5.41, 5.74) is 0. The number of carbonyl (C=O) groups excluding carboxylic acids is 4. The predicted molar refractivity (Wildman–Crippen MR) is 86.0 cm³/mol. The Labute approximate surface area is 146 Å². The fourth-order valence-electron chi connectivity index (χ4n) is 3.73. The van der Waals surface area contributed by atoms with Crippen LogP contribution in [0.5, 0.6) is 0 Å². The zero-order chi connectivity index (χ0) is 18.0. The van der Waals surface area contributed by atoms with E-state index in [0.29, 0.717) is 18.2 Å². The quantitative estimate of drug-likeness (QED) is 0.710. The van der Waals surface area contributed by atoms with E-state index in [1.165, 1.54) is 0 Å². The topological polar surface area (TPSA) is 99.3 Å². The van der Waals surface area contributed by atoms with Crippen molar-refractivity contribution in [1.29, 1.82) is 0 Å². The standard InChI is InChI=1S/C16H24N4O5/c1-18-8-9-19(15(23)10-18)12-5-3-2-4-11(12)17-16(24)25-20-13(21)6-7-14(20)22/h11-12H,2-10H2,1H3,(H,17,24)/t11-,12-/m1/s1. The summed E-state index contributed by atoms with van der Waals surface area (Å²) in [7, 11) is 1.91. The maximum absolute atomic E-state index is 12.3. The number of carbonyl (C=O) groups is 4. The molecule has 3 rings (SSSR count). The molecule has 3 fully saturated rings. The van der Waals surface area contributed by atoms with E-state index in [-0.39, 0.29) is 30.8 Å². The monoisotopic (exact) mass is 352 g/mol. The maximum Gasteiger partial charge on any atom is 0.432 e. The first kappa shape index (κ1) is 17.7. The largest absolute Gasteiger partial charge is 0.432 e. The lowest BCUT2D eigenvalue weighted by molar-refractivity contribution is -0.171. The molecule has 0 radical (unpaired) electrons. The number of likely N-dealkylation sites (N-methyl/N-ethyl adjacent to an activating group) is 1. The lowest BCUT2D eigenvalue weighted by atomic mass is 9.88. The molecule has 3 aliphatic rings. The molecule has 0 spiro atoms. The summed E-state index contributed by atoms with van der Waals surface area (Å²) in [6.45, 7) is 1.82. The molecule has 1 aliphatic carbocycles. The molecule has 138 valence electrons. The van der Waals surface area contributed by atoms with E-state index in [2.05, 4.69) is 5.32 Å². The number of hydrogen-bond donors (Lipinski definition) is 1. The molecule has 2 heterocycles. The summed E-state index contributed by atoms with van der Waals surface area (Å²) in [5.74, 6) is -0.949. The fourth-order valence-corrected chi connectivity index (χ4v) is 3.73. The molecule has 0 bridgehead atoms. The first-order valence-corrected chi connectivity index (χ1v) is 8.78. The van der Waals surface area contributed by atoms with Gasteiger partial charge in [-0.1, -0.05) is 12.8 Å². The number of hydrogen-bond acceptors (Lipinski definition) is 6. The minimum Gasteiger partial charge on any atom is -0.335 e. The average molecular weight is 352 g/mol. The lowest BCUT2D eigenvalue weighted by Crippen LogP contribution is -2.60. The van der Waals surface area contributed by atoms with Gasteiger partial charge in [0.25, 0.3) is 11.8 Å². The molecule has 4 amide bonds. The van der Waals surface area contributed by atoms with Crippen molar-refractivity contribution < 1.29 is 24.0 Å². The maximum atomic E-state index is 12.3. The third-order valence-corrected chi connectivity index (χ3v) is 5.06. The second-order valence-electron chi connectivity index (χ2n) is 6.89. The number of piperazine rings is 1. The minimum absolute atomic E-state index is 0.0608. The molecular weight excluding hydrogens is 328 g/mol. The Balaban J connectivity index is 1.61. The number of nitrogens with zero attached hydrogens (tertiary/aromatic N) is 3. The number of rotatable bonds is 3. The van der Waals surface area contributed by atoms with Gasteiger partial charge in [0.05, 0.1) is 18.6 Å². The third-order valence-electron chi connectivity index (χ3n) is 5.06. The Morgan fingerprint density at radius 2 is 1.72 bits per heavy atom. The highest BCUT2D eigenvalue weighted by molar-refractivity contribution is 6.01. The first-order valence-electron chi connectivity index (χ1n) is 8.78. The fraction of sp³-hybridized carbons (Fsp3) is 0.750. The van der Waals surface area contributed by atoms with Crippen LogP contribution in [0, 0.1) is 0 Å². The highest BCUT2D eigenvalue weighted by Gasteiger charge is 2.38. The number of hydroxylamine groups is 2. The van der Waals surface area contributed by atoms with Crippen molar-refractivity contribution in [2.45, 2.75) is 50.6 Å². The molecule has 0 unspecified atom stereocenters. The van der Waals surface area contributed by atoms with Gasteiger partial charge in [0.15, 0.2) is 0 Å². The van der Waals surface area contributed by atoms with E-state index in [1.807, 2.05) is 16.8 Å². The molecule has 0 aromatic rings. The molecule has 2 aliphatic heterocycles. The van der Waals surface area contributed by atoms with Crippen molar-refractivity contribution in [3.63, 3.8) is 0 Å². The van der Waals surface area contributed by atoms with E-state index in [1.54, 1.807) is 0 Å². The van der Waals surface area contributed by atoms with Crippen molar-refractivity contribution >= 4 is 23.8 Å². The summed E-state index contributed by atoms with van der Waals surface area (Å²) in [4.78, 5) is 56.3. The number of amides is 4. The molecule has 25 heavy (non-hydrogen) atoms. The van der Waals surface area contributed by atoms with Gasteiger partial charge in [0.2, 0.25) is 5.91 Å². The molecule has 0 aromatic heterocycles. The normalized spacial score (nSPS) is 28.4. The molecule has 2 atom stereocenters. The highest BCUT2D eigenvalue weighted by Crippen LogP contribution is 2.25. The second kappa shape index (κ2) is 7.38. The van der Waals surface area contributed by atoms with Crippen LogP contribution in [0.1, 0.15) is 38.5 Å². The van der Waals surface area contributed by atoms with Crippen LogP contribution in [0.15, 0.2) is 0 Å². The smallest absolute Gasteiger partial charge is 0.335 e. The summed E-state index contributed by atoms with van der Waals surface area (Å²) in [6, 6.07) is -0.311. The van der Waals surface area contributed by atoms with Crippen LogP contribution in [0.2, 0.25) is 0 Å². The van der Waals surface area contributed by atoms with Crippen LogP contribution in [0.4, 0.5) is 4.79 Å². The van der Waals surface area contributed by atoms with Gasteiger partial charge < -0.3 is 15.1 Å². The van der Waals surface area contributed by atoms with Gasteiger partial charge in [0.1, 0.15) is 0 Å². The van der Waals surface area contributed by atoms with Crippen LogP contribution >= 0.6 is 0 Å². The first-order chi connectivity index (χ1) is 12.0. The Bertz CT molecular complexity index is 565. The van der Waals surface area contributed by atoms with E-state index in [0.717, 1.165) is 32.2 Å². The summed E-state index contributed by atoms with van der Waals surface area (Å²) in [5, 5.41) is 3.29. The van der Waals surface area contributed by atoms with Gasteiger partial charge >= 0.3 is 6.09 Å². The van der Waals surface area contributed by atoms with Crippen molar-refractivity contribution in [1.82, 2.24) is 20.2 Å². The van der Waals surface area contributed by atoms with Gasteiger partial charge in [-0.15, -0.1) is 5.06 Å². The predicted octanol–water partition coefficient (Wildman–Crippen LogP) is -0.138. The zero-order valence-corrected chi connectivity index (χ0v) is 14.4. The van der Waals surface area contributed by atoms with Gasteiger partial charge in [-0.25, -0.2) is 4.79 Å². The average Bonchev–Trinajstić information content (AvgIpc) is 2.88. The van der Waals surface area contributed by atoms with Crippen LogP contribution < -0.4 is 5.32 Å². The Morgan fingerprint density at radius 1 is 1.04 bits per heavy atom. The van der Waals surface area contributed by atoms with Gasteiger partial charge in [-0.3, -0.25) is 19.3 Å². The SMILES string of the molecule is CN1CCN([C@@H]2CCCC[C@H]2NC(=O)ON2C(=O)CCC2=O)C(=O)C1.